The molecule has 2 aromatic heterocycles. The molecule has 10 heteroatoms. The van der Waals surface area contributed by atoms with Gasteiger partial charge >= 0.3 is 6.01 Å². The Hall–Kier alpha value is -3.37. The molecule has 0 spiro atoms. The standard InChI is InChI=1S/C24H29N5O4S/c1-7-29-23(26-27-24(29)33-19-9-8-18-10-11-25-20(18)13-19)17(5)28-34(30,31)22-14(2)12-21(32-6)15(3)16(22)4/h8-13,17,25,28H,7H2,1-6H3/t17-/m1/s1. The topological polar surface area (TPSA) is 111 Å². The van der Waals surface area contributed by atoms with Gasteiger partial charge in [-0.3, -0.25) is 4.57 Å². The van der Waals surface area contributed by atoms with Crippen LogP contribution >= 0.6 is 0 Å². The highest BCUT2D eigenvalue weighted by Crippen LogP contribution is 2.32. The van der Waals surface area contributed by atoms with E-state index in [4.69, 9.17) is 9.47 Å². The lowest BCUT2D eigenvalue weighted by molar-refractivity contribution is 0.408. The summed E-state index contributed by atoms with van der Waals surface area (Å²) in [7, 11) is -2.27. The van der Waals surface area contributed by atoms with Gasteiger partial charge in [-0.15, -0.1) is 5.10 Å². The molecule has 0 aliphatic carbocycles. The summed E-state index contributed by atoms with van der Waals surface area (Å²) in [5.74, 6) is 1.73. The minimum Gasteiger partial charge on any atom is -0.496 e. The van der Waals surface area contributed by atoms with Gasteiger partial charge in [-0.05, 0) is 81.0 Å². The van der Waals surface area contributed by atoms with Gasteiger partial charge in [0.05, 0.1) is 18.0 Å². The number of hydrogen-bond acceptors (Lipinski definition) is 6. The molecule has 0 amide bonds. The summed E-state index contributed by atoms with van der Waals surface area (Å²) < 4.78 is 42.6. The van der Waals surface area contributed by atoms with Crippen molar-refractivity contribution in [2.75, 3.05) is 7.11 Å². The van der Waals surface area contributed by atoms with Crippen LogP contribution in [-0.4, -0.2) is 35.3 Å². The molecule has 0 aliphatic heterocycles. The number of fused-ring (bicyclic) bond motifs is 1. The van der Waals surface area contributed by atoms with E-state index in [0.29, 0.717) is 41.0 Å². The lowest BCUT2D eigenvalue weighted by Gasteiger charge is -2.19. The van der Waals surface area contributed by atoms with E-state index >= 15 is 0 Å². The van der Waals surface area contributed by atoms with Gasteiger partial charge in [0, 0.05) is 24.3 Å². The van der Waals surface area contributed by atoms with Gasteiger partial charge in [0.25, 0.3) is 0 Å². The summed E-state index contributed by atoms with van der Waals surface area (Å²) in [6.45, 7) is 9.56. The van der Waals surface area contributed by atoms with Gasteiger partial charge in [0.1, 0.15) is 11.5 Å². The highest BCUT2D eigenvalue weighted by atomic mass is 32.2. The second-order valence-electron chi connectivity index (χ2n) is 8.23. The molecule has 0 unspecified atom stereocenters. The van der Waals surface area contributed by atoms with Crippen LogP contribution in [0.1, 0.15) is 42.4 Å². The van der Waals surface area contributed by atoms with E-state index in [1.165, 1.54) is 0 Å². The van der Waals surface area contributed by atoms with Crippen LogP contribution in [0.15, 0.2) is 41.4 Å². The normalized spacial score (nSPS) is 12.8. The molecule has 9 nitrogen and oxygen atoms in total. The molecular weight excluding hydrogens is 454 g/mol. The number of rotatable bonds is 8. The fraction of sp³-hybridized carbons (Fsp3) is 0.333. The fourth-order valence-electron chi connectivity index (χ4n) is 4.18. The minimum absolute atomic E-state index is 0.246. The Morgan fingerprint density at radius 1 is 1.12 bits per heavy atom. The van der Waals surface area contributed by atoms with Crippen LogP contribution in [0.3, 0.4) is 0 Å². The monoisotopic (exact) mass is 483 g/mol. The number of benzene rings is 2. The van der Waals surface area contributed by atoms with E-state index in [1.807, 2.05) is 44.3 Å². The van der Waals surface area contributed by atoms with Crippen molar-refractivity contribution in [3.8, 4) is 17.5 Å². The van der Waals surface area contributed by atoms with Crippen LogP contribution in [0.4, 0.5) is 0 Å². The zero-order valence-electron chi connectivity index (χ0n) is 20.1. The Bertz CT molecular complexity index is 1460. The van der Waals surface area contributed by atoms with Crippen molar-refractivity contribution in [3.63, 3.8) is 0 Å². The van der Waals surface area contributed by atoms with Crippen molar-refractivity contribution in [2.45, 2.75) is 52.1 Å². The van der Waals surface area contributed by atoms with E-state index in [2.05, 4.69) is 19.9 Å². The van der Waals surface area contributed by atoms with E-state index in [-0.39, 0.29) is 4.90 Å². The number of nitrogens with zero attached hydrogens (tertiary/aromatic N) is 3. The van der Waals surface area contributed by atoms with Gasteiger partial charge in [-0.2, -0.15) is 0 Å². The summed E-state index contributed by atoms with van der Waals surface area (Å²) in [4.78, 5) is 3.40. The first-order chi connectivity index (χ1) is 16.2. The Kier molecular flexibility index (Phi) is 6.37. The predicted octanol–water partition coefficient (Wildman–Crippen LogP) is 4.54. The summed E-state index contributed by atoms with van der Waals surface area (Å²) in [6, 6.07) is 9.06. The fourth-order valence-corrected chi connectivity index (χ4v) is 5.91. The zero-order chi connectivity index (χ0) is 24.6. The van der Waals surface area contributed by atoms with E-state index < -0.39 is 16.1 Å². The average Bonchev–Trinajstić information content (AvgIpc) is 3.42. The Morgan fingerprint density at radius 3 is 2.59 bits per heavy atom. The van der Waals surface area contributed by atoms with Crippen molar-refractivity contribution < 1.29 is 17.9 Å². The second-order valence-corrected chi connectivity index (χ2v) is 9.88. The van der Waals surface area contributed by atoms with Crippen LogP contribution in [0, 0.1) is 20.8 Å². The maximum absolute atomic E-state index is 13.4. The molecule has 2 aromatic carbocycles. The molecule has 0 bridgehead atoms. The van der Waals surface area contributed by atoms with E-state index in [1.54, 1.807) is 38.5 Å². The first kappa shape index (κ1) is 23.8. The molecule has 4 aromatic rings. The van der Waals surface area contributed by atoms with Gasteiger partial charge in [-0.25, -0.2) is 13.1 Å². The largest absolute Gasteiger partial charge is 0.496 e. The van der Waals surface area contributed by atoms with E-state index in [0.717, 1.165) is 16.5 Å². The summed E-state index contributed by atoms with van der Waals surface area (Å²) in [5.41, 5.74) is 2.99. The minimum atomic E-state index is -3.84. The van der Waals surface area contributed by atoms with Crippen LogP contribution < -0.4 is 14.2 Å². The Balaban J connectivity index is 1.62. The first-order valence-corrected chi connectivity index (χ1v) is 12.5. The molecule has 0 fully saturated rings. The zero-order valence-corrected chi connectivity index (χ0v) is 20.9. The van der Waals surface area contributed by atoms with Crippen molar-refractivity contribution in [1.82, 2.24) is 24.5 Å². The Labute approximate surface area is 199 Å². The average molecular weight is 484 g/mol. The number of H-pyrrole nitrogens is 1. The maximum atomic E-state index is 13.4. The van der Waals surface area contributed by atoms with Gasteiger partial charge in [-0.1, -0.05) is 5.10 Å². The molecule has 1 atom stereocenters. The van der Waals surface area contributed by atoms with Crippen molar-refractivity contribution >= 4 is 20.9 Å². The van der Waals surface area contributed by atoms with Gasteiger partial charge in [0.15, 0.2) is 5.82 Å². The molecule has 180 valence electrons. The first-order valence-electron chi connectivity index (χ1n) is 11.0. The van der Waals surface area contributed by atoms with Gasteiger partial charge < -0.3 is 14.5 Å². The molecule has 0 saturated heterocycles. The molecule has 0 saturated carbocycles. The predicted molar refractivity (Wildman–Crippen MR) is 130 cm³/mol. The quantitative estimate of drug-likeness (QED) is 0.380. The smallest absolute Gasteiger partial charge is 0.322 e. The number of aryl methyl sites for hydroxylation is 1. The number of methoxy groups -OCH3 is 1. The highest BCUT2D eigenvalue weighted by Gasteiger charge is 2.27. The lowest BCUT2D eigenvalue weighted by Crippen LogP contribution is -2.30. The van der Waals surface area contributed by atoms with Crippen molar-refractivity contribution in [3.05, 3.63) is 59.0 Å². The number of sulfonamides is 1. The van der Waals surface area contributed by atoms with E-state index in [9.17, 15) is 8.42 Å². The molecule has 34 heavy (non-hydrogen) atoms. The number of aromatic amines is 1. The second kappa shape index (κ2) is 9.11. The molecule has 2 N–H and O–H groups in total. The summed E-state index contributed by atoms with van der Waals surface area (Å²) in [6.07, 6.45) is 1.86. The molecule has 4 rings (SSSR count). The molecule has 2 heterocycles. The van der Waals surface area contributed by atoms with Crippen LogP contribution in [-0.2, 0) is 16.6 Å². The maximum Gasteiger partial charge on any atom is 0.322 e. The number of hydrogen-bond donors (Lipinski definition) is 2. The number of ether oxygens (including phenoxy) is 2. The summed E-state index contributed by atoms with van der Waals surface area (Å²) >= 11 is 0. The number of aromatic nitrogens is 4. The highest BCUT2D eigenvalue weighted by molar-refractivity contribution is 7.89. The van der Waals surface area contributed by atoms with Crippen LogP contribution in [0.5, 0.6) is 17.5 Å². The van der Waals surface area contributed by atoms with Crippen molar-refractivity contribution in [1.29, 1.82) is 0 Å². The third-order valence-electron chi connectivity index (χ3n) is 5.98. The Morgan fingerprint density at radius 2 is 1.88 bits per heavy atom. The van der Waals surface area contributed by atoms with Crippen LogP contribution in [0.2, 0.25) is 0 Å². The number of nitrogens with one attached hydrogen (secondary N) is 2. The third-order valence-corrected chi connectivity index (χ3v) is 7.81. The van der Waals surface area contributed by atoms with Gasteiger partial charge in [0.2, 0.25) is 10.0 Å². The third kappa shape index (κ3) is 4.26. The SMILES string of the molecule is CCn1c(Oc2ccc3cc[nH]c3c2)nnc1[C@@H](C)NS(=O)(=O)c1c(C)cc(OC)c(C)c1C. The molecular formula is C24H29N5O4S. The lowest BCUT2D eigenvalue weighted by atomic mass is 10.1. The molecule has 0 aliphatic rings. The van der Waals surface area contributed by atoms with Crippen LogP contribution in [0.25, 0.3) is 10.9 Å². The summed E-state index contributed by atoms with van der Waals surface area (Å²) in [5, 5.41) is 9.49. The molecule has 0 radical (unpaired) electrons. The van der Waals surface area contributed by atoms with Crippen molar-refractivity contribution in [2.24, 2.45) is 0 Å².